The number of benzene rings is 2. The van der Waals surface area contributed by atoms with Crippen molar-refractivity contribution < 1.29 is 19.0 Å². The smallest absolute Gasteiger partial charge is 0.397 e. The summed E-state index contributed by atoms with van der Waals surface area (Å²) in [6.07, 6.45) is -0.805. The number of carbonyl (C=O) groups is 1. The first-order valence-electron chi connectivity index (χ1n) is 6.79. The Morgan fingerprint density at radius 2 is 1.57 bits per heavy atom. The highest BCUT2D eigenvalue weighted by Crippen LogP contribution is 2.27. The molecule has 4 nitrogen and oxygen atoms in total. The minimum atomic E-state index is -1.18. The van der Waals surface area contributed by atoms with E-state index in [1.165, 1.54) is 0 Å². The van der Waals surface area contributed by atoms with Crippen LogP contribution >= 0.6 is 0 Å². The van der Waals surface area contributed by atoms with E-state index >= 15 is 0 Å². The maximum Gasteiger partial charge on any atom is 0.516 e. The predicted octanol–water partition coefficient (Wildman–Crippen LogP) is 4.11. The molecule has 0 fully saturated rings. The van der Waals surface area contributed by atoms with Crippen molar-refractivity contribution in [3.05, 3.63) is 66.2 Å². The van der Waals surface area contributed by atoms with Gasteiger partial charge in [0, 0.05) is 19.1 Å². The molecular weight excluding hydrogens is 268 g/mol. The van der Waals surface area contributed by atoms with Gasteiger partial charge in [-0.25, -0.2) is 4.79 Å². The molecule has 0 aliphatic heterocycles. The van der Waals surface area contributed by atoms with Gasteiger partial charge in [-0.3, -0.25) is 0 Å². The average molecular weight is 286 g/mol. The lowest BCUT2D eigenvalue weighted by atomic mass is 10.1. The van der Waals surface area contributed by atoms with E-state index < -0.39 is 11.9 Å². The summed E-state index contributed by atoms with van der Waals surface area (Å²) < 4.78 is 16.1. The summed E-state index contributed by atoms with van der Waals surface area (Å²) in [6.45, 7) is 3.94. The van der Waals surface area contributed by atoms with E-state index in [2.05, 4.69) is 0 Å². The molecule has 2 aromatic rings. The minimum Gasteiger partial charge on any atom is -0.397 e. The van der Waals surface area contributed by atoms with Crippen molar-refractivity contribution >= 4 is 6.16 Å². The van der Waals surface area contributed by atoms with E-state index in [1.54, 1.807) is 31.2 Å². The number of para-hydroxylation sites is 1. The van der Waals surface area contributed by atoms with Gasteiger partial charge in [0.1, 0.15) is 5.75 Å². The summed E-state index contributed by atoms with van der Waals surface area (Å²) >= 11 is 0. The Morgan fingerprint density at radius 1 is 1.00 bits per heavy atom. The highest BCUT2D eigenvalue weighted by molar-refractivity contribution is 5.64. The Hall–Kier alpha value is -2.33. The highest BCUT2D eigenvalue weighted by Gasteiger charge is 2.32. The van der Waals surface area contributed by atoms with E-state index in [-0.39, 0.29) is 0 Å². The summed E-state index contributed by atoms with van der Waals surface area (Å²) in [5.74, 6) is -0.753. The van der Waals surface area contributed by atoms with Crippen molar-refractivity contribution in [2.45, 2.75) is 19.6 Å². The Labute approximate surface area is 124 Å². The first-order valence-corrected chi connectivity index (χ1v) is 6.79. The first kappa shape index (κ1) is 15.1. The molecule has 110 valence electrons. The molecule has 21 heavy (non-hydrogen) atoms. The molecule has 2 aromatic carbocycles. The summed E-state index contributed by atoms with van der Waals surface area (Å²) in [7, 11) is 0. The zero-order chi connectivity index (χ0) is 15.1. The van der Waals surface area contributed by atoms with Gasteiger partial charge in [0.25, 0.3) is 0 Å². The molecule has 0 heterocycles. The van der Waals surface area contributed by atoms with Crippen LogP contribution in [0.2, 0.25) is 0 Å². The third-order valence-electron chi connectivity index (χ3n) is 2.94. The topological polar surface area (TPSA) is 44.8 Å². The van der Waals surface area contributed by atoms with Crippen LogP contribution in [0.15, 0.2) is 60.7 Å². The zero-order valence-electron chi connectivity index (χ0n) is 12.1. The lowest BCUT2D eigenvalue weighted by Gasteiger charge is -2.28. The lowest BCUT2D eigenvalue weighted by molar-refractivity contribution is -0.202. The van der Waals surface area contributed by atoms with Gasteiger partial charge in [-0.1, -0.05) is 48.5 Å². The Morgan fingerprint density at radius 3 is 2.14 bits per heavy atom. The van der Waals surface area contributed by atoms with Crippen molar-refractivity contribution in [2.24, 2.45) is 0 Å². The summed E-state index contributed by atoms with van der Waals surface area (Å²) in [5, 5.41) is 0. The molecule has 0 saturated carbocycles. The quantitative estimate of drug-likeness (QED) is 0.471. The molecule has 1 unspecified atom stereocenters. The number of ether oxygens (including phenoxy) is 3. The number of carbonyl (C=O) groups excluding carboxylic acids is 1. The Balaban J connectivity index is 2.11. The third-order valence-corrected chi connectivity index (χ3v) is 2.94. The molecule has 0 bridgehead atoms. The van der Waals surface area contributed by atoms with Crippen LogP contribution < -0.4 is 4.74 Å². The highest BCUT2D eigenvalue weighted by atomic mass is 16.8. The molecule has 0 N–H and O–H groups in total. The molecule has 0 saturated heterocycles. The van der Waals surface area contributed by atoms with Crippen molar-refractivity contribution in [3.63, 3.8) is 0 Å². The molecule has 0 amide bonds. The van der Waals surface area contributed by atoms with E-state index in [0.717, 1.165) is 5.56 Å². The van der Waals surface area contributed by atoms with Crippen LogP contribution in [0.25, 0.3) is 0 Å². The summed E-state index contributed by atoms with van der Waals surface area (Å²) in [5.41, 5.74) is 0.747. The van der Waals surface area contributed by atoms with E-state index in [9.17, 15) is 4.79 Å². The fourth-order valence-electron chi connectivity index (χ4n) is 1.95. The molecule has 0 spiro atoms. The fraction of sp³-hybridized carbons (Fsp3) is 0.235. The van der Waals surface area contributed by atoms with Gasteiger partial charge in [-0.2, -0.15) is 0 Å². The Kier molecular flexibility index (Phi) is 4.95. The SMILES string of the molecule is CCOC(C)(OC(=O)Oc1ccccc1)c1ccccc1. The molecular formula is C17H18O4. The largest absolute Gasteiger partial charge is 0.516 e. The van der Waals surface area contributed by atoms with Gasteiger partial charge in [-0.15, -0.1) is 0 Å². The van der Waals surface area contributed by atoms with Crippen LogP contribution in [-0.2, 0) is 15.3 Å². The maximum atomic E-state index is 12.0. The molecule has 2 rings (SSSR count). The van der Waals surface area contributed by atoms with Gasteiger partial charge in [-0.05, 0) is 19.1 Å². The second-order valence-electron chi connectivity index (χ2n) is 4.51. The molecule has 0 aliphatic carbocycles. The van der Waals surface area contributed by atoms with Gasteiger partial charge in [0.15, 0.2) is 0 Å². The van der Waals surface area contributed by atoms with Gasteiger partial charge in [0.05, 0.1) is 0 Å². The molecule has 0 radical (unpaired) electrons. The Bertz CT molecular complexity index is 568. The van der Waals surface area contributed by atoms with E-state index in [1.807, 2.05) is 43.3 Å². The molecule has 4 heteroatoms. The van der Waals surface area contributed by atoms with Crippen LogP contribution in [0.5, 0.6) is 5.75 Å². The normalized spacial score (nSPS) is 13.2. The average Bonchev–Trinajstić information content (AvgIpc) is 2.49. The number of hydrogen-bond acceptors (Lipinski definition) is 4. The van der Waals surface area contributed by atoms with Crippen molar-refractivity contribution in [1.29, 1.82) is 0 Å². The van der Waals surface area contributed by atoms with E-state index in [0.29, 0.717) is 12.4 Å². The van der Waals surface area contributed by atoms with Crippen LogP contribution in [-0.4, -0.2) is 12.8 Å². The van der Waals surface area contributed by atoms with Crippen LogP contribution in [0.1, 0.15) is 19.4 Å². The van der Waals surface area contributed by atoms with Crippen molar-refractivity contribution in [1.82, 2.24) is 0 Å². The monoisotopic (exact) mass is 286 g/mol. The molecule has 1 atom stereocenters. The number of hydrogen-bond donors (Lipinski definition) is 0. The lowest BCUT2D eigenvalue weighted by Crippen LogP contribution is -2.33. The second-order valence-corrected chi connectivity index (χ2v) is 4.51. The molecule has 0 aliphatic rings. The van der Waals surface area contributed by atoms with Crippen molar-refractivity contribution in [2.75, 3.05) is 6.61 Å². The van der Waals surface area contributed by atoms with Gasteiger partial charge >= 0.3 is 6.16 Å². The fourth-order valence-corrected chi connectivity index (χ4v) is 1.95. The second kappa shape index (κ2) is 6.90. The summed E-state index contributed by atoms with van der Waals surface area (Å²) in [6, 6.07) is 18.0. The first-order chi connectivity index (χ1) is 10.1. The maximum absolute atomic E-state index is 12.0. The predicted molar refractivity (Wildman–Crippen MR) is 79.0 cm³/mol. The van der Waals surface area contributed by atoms with Crippen LogP contribution in [0.3, 0.4) is 0 Å². The minimum absolute atomic E-state index is 0.407. The van der Waals surface area contributed by atoms with E-state index in [4.69, 9.17) is 14.2 Å². The van der Waals surface area contributed by atoms with Gasteiger partial charge in [0.2, 0.25) is 5.79 Å². The third kappa shape index (κ3) is 4.07. The van der Waals surface area contributed by atoms with Crippen LogP contribution in [0, 0.1) is 0 Å². The standard InChI is InChI=1S/C17H18O4/c1-3-19-17(2,14-10-6-4-7-11-14)21-16(18)20-15-12-8-5-9-13-15/h4-13H,3H2,1-2H3. The van der Waals surface area contributed by atoms with Gasteiger partial charge < -0.3 is 14.2 Å². The number of rotatable bonds is 5. The zero-order valence-corrected chi connectivity index (χ0v) is 12.1. The van der Waals surface area contributed by atoms with Crippen LogP contribution in [0.4, 0.5) is 4.79 Å². The van der Waals surface area contributed by atoms with Crippen molar-refractivity contribution in [3.8, 4) is 5.75 Å². The molecule has 0 aromatic heterocycles. The summed E-state index contributed by atoms with van der Waals surface area (Å²) in [4.78, 5) is 12.0.